The fourth-order valence-electron chi connectivity index (χ4n) is 2.20. The molecule has 19 heavy (non-hydrogen) atoms. The van der Waals surface area contributed by atoms with Crippen molar-refractivity contribution in [3.63, 3.8) is 0 Å². The molecule has 1 fully saturated rings. The Labute approximate surface area is 117 Å². The highest BCUT2D eigenvalue weighted by molar-refractivity contribution is 5.80. The summed E-state index contributed by atoms with van der Waals surface area (Å²) in [7, 11) is 2.14. The Bertz CT molecular complexity index is 279. The van der Waals surface area contributed by atoms with Gasteiger partial charge in [-0.1, -0.05) is 6.92 Å². The summed E-state index contributed by atoms with van der Waals surface area (Å²) < 4.78 is 5.21. The molecule has 0 bridgehead atoms. The molecule has 0 heterocycles. The number of carbonyl (C=O) groups excluding carboxylic acids is 1. The van der Waals surface area contributed by atoms with Gasteiger partial charge in [0.1, 0.15) is 5.54 Å². The molecule has 112 valence electrons. The second-order valence-corrected chi connectivity index (χ2v) is 5.93. The van der Waals surface area contributed by atoms with Gasteiger partial charge in [0, 0.05) is 13.1 Å². The van der Waals surface area contributed by atoms with Crippen LogP contribution in [0.4, 0.5) is 0 Å². The Morgan fingerprint density at radius 1 is 1.42 bits per heavy atom. The van der Waals surface area contributed by atoms with Gasteiger partial charge in [-0.05, 0) is 59.0 Å². The molecule has 0 aromatic rings. The average Bonchev–Trinajstić information content (AvgIpc) is 3.18. The molecule has 0 amide bonds. The molecule has 4 nitrogen and oxygen atoms in total. The van der Waals surface area contributed by atoms with E-state index in [0.29, 0.717) is 6.61 Å². The van der Waals surface area contributed by atoms with Gasteiger partial charge in [-0.15, -0.1) is 0 Å². The third-order valence-corrected chi connectivity index (χ3v) is 3.75. The van der Waals surface area contributed by atoms with Crippen LogP contribution in [-0.4, -0.2) is 49.7 Å². The highest BCUT2D eigenvalue weighted by atomic mass is 16.5. The molecule has 0 saturated heterocycles. The lowest BCUT2D eigenvalue weighted by Gasteiger charge is -2.30. The average molecular weight is 270 g/mol. The van der Waals surface area contributed by atoms with Gasteiger partial charge in [0.15, 0.2) is 0 Å². The second-order valence-electron chi connectivity index (χ2n) is 5.93. The lowest BCUT2D eigenvalue weighted by Crippen LogP contribution is -2.52. The fourth-order valence-corrected chi connectivity index (χ4v) is 2.20. The normalized spacial score (nSPS) is 18.4. The van der Waals surface area contributed by atoms with Crippen LogP contribution in [0.5, 0.6) is 0 Å². The molecule has 1 saturated carbocycles. The monoisotopic (exact) mass is 270 g/mol. The van der Waals surface area contributed by atoms with Crippen molar-refractivity contribution in [2.24, 2.45) is 5.92 Å². The summed E-state index contributed by atoms with van der Waals surface area (Å²) in [4.78, 5) is 14.5. The van der Waals surface area contributed by atoms with Crippen molar-refractivity contribution in [3.8, 4) is 0 Å². The van der Waals surface area contributed by atoms with Crippen LogP contribution in [0.25, 0.3) is 0 Å². The summed E-state index contributed by atoms with van der Waals surface area (Å²) in [5.41, 5.74) is -0.552. The first-order chi connectivity index (χ1) is 9.01. The van der Waals surface area contributed by atoms with Gasteiger partial charge in [0.05, 0.1) is 6.61 Å². The molecule has 0 spiro atoms. The molecule has 4 heteroatoms. The Kier molecular flexibility index (Phi) is 6.80. The van der Waals surface area contributed by atoms with Gasteiger partial charge in [0.25, 0.3) is 0 Å². The zero-order valence-corrected chi connectivity index (χ0v) is 13.0. The van der Waals surface area contributed by atoms with E-state index in [1.807, 2.05) is 13.8 Å². The van der Waals surface area contributed by atoms with E-state index in [1.165, 1.54) is 12.8 Å². The van der Waals surface area contributed by atoms with Gasteiger partial charge < -0.3 is 15.0 Å². The molecule has 0 aliphatic heterocycles. The Hall–Kier alpha value is -0.610. The van der Waals surface area contributed by atoms with Crippen LogP contribution in [0.1, 0.15) is 46.5 Å². The minimum atomic E-state index is -0.552. The van der Waals surface area contributed by atoms with E-state index < -0.39 is 5.54 Å². The standard InChI is InChI=1S/C15H30N2O2/c1-5-10-16-15(3,14(18)19-6-2)9-11-17(4)12-13-7-8-13/h13,16H,5-12H2,1-4H3. The van der Waals surface area contributed by atoms with E-state index in [4.69, 9.17) is 4.74 Å². The van der Waals surface area contributed by atoms with Crippen LogP contribution in [-0.2, 0) is 9.53 Å². The summed E-state index contributed by atoms with van der Waals surface area (Å²) in [5.74, 6) is 0.769. The van der Waals surface area contributed by atoms with Crippen LogP contribution in [0.3, 0.4) is 0 Å². The Balaban J connectivity index is 2.43. The first-order valence-corrected chi connectivity index (χ1v) is 7.62. The SMILES string of the molecule is CCCNC(C)(CCN(C)CC1CC1)C(=O)OCC. The molecule has 0 radical (unpaired) electrons. The van der Waals surface area contributed by atoms with Crippen molar-refractivity contribution in [1.29, 1.82) is 0 Å². The molecule has 1 aliphatic rings. The van der Waals surface area contributed by atoms with Crippen molar-refractivity contribution >= 4 is 5.97 Å². The molecule has 1 N–H and O–H groups in total. The van der Waals surface area contributed by atoms with Crippen LogP contribution in [0.15, 0.2) is 0 Å². The van der Waals surface area contributed by atoms with Crippen molar-refractivity contribution < 1.29 is 9.53 Å². The highest BCUT2D eigenvalue weighted by Gasteiger charge is 2.34. The predicted octanol–water partition coefficient (Wildman–Crippen LogP) is 2.04. The molecule has 1 unspecified atom stereocenters. The number of nitrogens with zero attached hydrogens (tertiary/aromatic N) is 1. The Morgan fingerprint density at radius 3 is 2.63 bits per heavy atom. The molecule has 1 aliphatic carbocycles. The summed E-state index contributed by atoms with van der Waals surface area (Å²) in [6.45, 7) is 9.32. The summed E-state index contributed by atoms with van der Waals surface area (Å²) >= 11 is 0. The van der Waals surface area contributed by atoms with Crippen molar-refractivity contribution in [2.45, 2.75) is 52.0 Å². The lowest BCUT2D eigenvalue weighted by atomic mass is 9.97. The minimum absolute atomic E-state index is 0.122. The third-order valence-electron chi connectivity index (χ3n) is 3.75. The minimum Gasteiger partial charge on any atom is -0.465 e. The van der Waals surface area contributed by atoms with E-state index in [0.717, 1.165) is 38.4 Å². The molecule has 1 atom stereocenters. The number of nitrogens with one attached hydrogen (secondary N) is 1. The number of carbonyl (C=O) groups is 1. The maximum Gasteiger partial charge on any atom is 0.326 e. The number of rotatable bonds is 10. The maximum atomic E-state index is 12.1. The molecular formula is C15H30N2O2. The summed E-state index contributed by atoms with van der Waals surface area (Å²) in [6.07, 6.45) is 4.56. The lowest BCUT2D eigenvalue weighted by molar-refractivity contribution is -0.151. The van der Waals surface area contributed by atoms with Gasteiger partial charge >= 0.3 is 5.97 Å². The van der Waals surface area contributed by atoms with E-state index in [1.54, 1.807) is 0 Å². The van der Waals surface area contributed by atoms with E-state index in [9.17, 15) is 4.79 Å². The Morgan fingerprint density at radius 2 is 2.11 bits per heavy atom. The van der Waals surface area contributed by atoms with Gasteiger partial charge in [-0.3, -0.25) is 4.79 Å². The largest absolute Gasteiger partial charge is 0.465 e. The first-order valence-electron chi connectivity index (χ1n) is 7.62. The topological polar surface area (TPSA) is 41.6 Å². The second kappa shape index (κ2) is 7.85. The predicted molar refractivity (Wildman–Crippen MR) is 78.2 cm³/mol. The number of ether oxygens (including phenoxy) is 1. The van der Waals surface area contributed by atoms with E-state index >= 15 is 0 Å². The number of hydrogen-bond donors (Lipinski definition) is 1. The number of hydrogen-bond acceptors (Lipinski definition) is 4. The van der Waals surface area contributed by atoms with E-state index in [-0.39, 0.29) is 5.97 Å². The summed E-state index contributed by atoms with van der Waals surface area (Å²) in [6, 6.07) is 0. The van der Waals surface area contributed by atoms with E-state index in [2.05, 4.69) is 24.2 Å². The molecular weight excluding hydrogens is 240 g/mol. The summed E-state index contributed by atoms with van der Waals surface area (Å²) in [5, 5.41) is 3.35. The highest BCUT2D eigenvalue weighted by Crippen LogP contribution is 2.29. The van der Waals surface area contributed by atoms with Crippen LogP contribution in [0.2, 0.25) is 0 Å². The molecule has 0 aromatic carbocycles. The quantitative estimate of drug-likeness (QED) is 0.617. The van der Waals surface area contributed by atoms with Crippen molar-refractivity contribution in [2.75, 3.05) is 33.3 Å². The number of esters is 1. The van der Waals surface area contributed by atoms with Crippen molar-refractivity contribution in [3.05, 3.63) is 0 Å². The van der Waals surface area contributed by atoms with Crippen LogP contribution in [0, 0.1) is 5.92 Å². The molecule has 1 rings (SSSR count). The van der Waals surface area contributed by atoms with Gasteiger partial charge in [0.2, 0.25) is 0 Å². The zero-order valence-electron chi connectivity index (χ0n) is 13.0. The van der Waals surface area contributed by atoms with Gasteiger partial charge in [-0.25, -0.2) is 0 Å². The maximum absolute atomic E-state index is 12.1. The fraction of sp³-hybridized carbons (Fsp3) is 0.933. The van der Waals surface area contributed by atoms with Crippen LogP contribution >= 0.6 is 0 Å². The van der Waals surface area contributed by atoms with Crippen LogP contribution < -0.4 is 5.32 Å². The third kappa shape index (κ3) is 5.91. The zero-order chi connectivity index (χ0) is 14.3. The van der Waals surface area contributed by atoms with Crippen molar-refractivity contribution in [1.82, 2.24) is 10.2 Å². The first kappa shape index (κ1) is 16.4. The van der Waals surface area contributed by atoms with Gasteiger partial charge in [-0.2, -0.15) is 0 Å². The smallest absolute Gasteiger partial charge is 0.326 e. The molecule has 0 aromatic heterocycles.